The number of hydrogen-bond acceptors (Lipinski definition) is 4. The van der Waals surface area contributed by atoms with Gasteiger partial charge in [-0.2, -0.15) is 0 Å². The Bertz CT molecular complexity index is 549. The first-order chi connectivity index (χ1) is 13.4. The third-order valence-electron chi connectivity index (χ3n) is 5.51. The van der Waals surface area contributed by atoms with Gasteiger partial charge >= 0.3 is 5.97 Å². The van der Waals surface area contributed by atoms with Gasteiger partial charge in [0.25, 0.3) is 0 Å². The molecule has 3 atom stereocenters. The fraction of sp³-hybridized carbons (Fsp3) is 0.739. The van der Waals surface area contributed by atoms with E-state index in [4.69, 9.17) is 5.11 Å². The molecule has 160 valence electrons. The van der Waals surface area contributed by atoms with Crippen molar-refractivity contribution in [1.82, 2.24) is 0 Å². The highest BCUT2D eigenvalue weighted by molar-refractivity contribution is 5.96. The minimum atomic E-state index is -0.764. The van der Waals surface area contributed by atoms with Crippen LogP contribution >= 0.6 is 0 Å². The van der Waals surface area contributed by atoms with Crippen LogP contribution in [0, 0.1) is 5.92 Å². The van der Waals surface area contributed by atoms with Crippen LogP contribution in [-0.4, -0.2) is 39.3 Å². The van der Waals surface area contributed by atoms with Crippen LogP contribution in [0.5, 0.6) is 0 Å². The molecule has 0 bridgehead atoms. The van der Waals surface area contributed by atoms with Crippen molar-refractivity contribution < 1.29 is 24.9 Å². The molecule has 1 aliphatic rings. The molecule has 0 unspecified atom stereocenters. The summed E-state index contributed by atoms with van der Waals surface area (Å²) >= 11 is 0. The molecule has 0 saturated heterocycles. The molecule has 0 saturated carbocycles. The second kappa shape index (κ2) is 13.7. The summed E-state index contributed by atoms with van der Waals surface area (Å²) < 4.78 is 0. The molecular weight excluding hydrogens is 356 g/mol. The molecule has 0 aromatic rings. The lowest BCUT2D eigenvalue weighted by molar-refractivity contribution is -0.137. The Morgan fingerprint density at radius 3 is 2.46 bits per heavy atom. The standard InChI is InChI=1S/C23H38O5/c1-3-5-8-11-17(24)14-15-19-18(12-9-6-7-10-13-23(27)28)20(16-22(19)26)21(25)4-2/h14-15,17,19,22,24,26H,3-13,16H2,1-2H3,(H,27,28)/b15-14+/t17-,19+,22+/m0/s1. The zero-order chi connectivity index (χ0) is 20.9. The van der Waals surface area contributed by atoms with Gasteiger partial charge in [0.2, 0.25) is 0 Å². The number of aliphatic carboxylic acids is 1. The number of carbonyl (C=O) groups excluding carboxylic acids is 1. The van der Waals surface area contributed by atoms with E-state index >= 15 is 0 Å². The minimum absolute atomic E-state index is 0.0966. The van der Waals surface area contributed by atoms with Gasteiger partial charge in [-0.1, -0.05) is 63.7 Å². The van der Waals surface area contributed by atoms with Crippen LogP contribution in [0.15, 0.2) is 23.3 Å². The van der Waals surface area contributed by atoms with Gasteiger partial charge in [0.1, 0.15) is 0 Å². The zero-order valence-corrected chi connectivity index (χ0v) is 17.5. The van der Waals surface area contributed by atoms with Crippen LogP contribution in [-0.2, 0) is 9.59 Å². The molecule has 5 heteroatoms. The second-order valence-corrected chi connectivity index (χ2v) is 7.83. The molecule has 0 spiro atoms. The number of carboxylic acid groups (broad SMARTS) is 1. The maximum Gasteiger partial charge on any atom is 0.303 e. The number of aliphatic hydroxyl groups excluding tert-OH is 2. The molecule has 28 heavy (non-hydrogen) atoms. The predicted octanol–water partition coefficient (Wildman–Crippen LogP) is 4.57. The number of carboxylic acids is 1. The van der Waals surface area contributed by atoms with E-state index in [1.165, 1.54) is 0 Å². The van der Waals surface area contributed by atoms with Crippen LogP contribution < -0.4 is 0 Å². The first-order valence-electron chi connectivity index (χ1n) is 10.9. The maximum atomic E-state index is 12.3. The zero-order valence-electron chi connectivity index (χ0n) is 17.5. The average Bonchev–Trinajstić information content (AvgIpc) is 2.97. The molecule has 3 N–H and O–H groups in total. The van der Waals surface area contributed by atoms with E-state index in [0.29, 0.717) is 19.3 Å². The second-order valence-electron chi connectivity index (χ2n) is 7.83. The largest absolute Gasteiger partial charge is 0.481 e. The highest BCUT2D eigenvalue weighted by Gasteiger charge is 2.33. The van der Waals surface area contributed by atoms with E-state index in [-0.39, 0.29) is 18.1 Å². The lowest BCUT2D eigenvalue weighted by atomic mass is 9.91. The summed E-state index contributed by atoms with van der Waals surface area (Å²) in [5, 5.41) is 29.4. The number of unbranched alkanes of at least 4 members (excludes halogenated alkanes) is 5. The minimum Gasteiger partial charge on any atom is -0.481 e. The highest BCUT2D eigenvalue weighted by atomic mass is 16.4. The van der Waals surface area contributed by atoms with Crippen molar-refractivity contribution in [2.24, 2.45) is 5.92 Å². The van der Waals surface area contributed by atoms with E-state index in [0.717, 1.165) is 62.5 Å². The van der Waals surface area contributed by atoms with Crippen molar-refractivity contribution in [1.29, 1.82) is 0 Å². The molecule has 1 rings (SSSR count). The number of aliphatic hydroxyl groups is 2. The lowest BCUT2D eigenvalue weighted by Crippen LogP contribution is -2.15. The van der Waals surface area contributed by atoms with Gasteiger partial charge < -0.3 is 15.3 Å². The van der Waals surface area contributed by atoms with Gasteiger partial charge in [0, 0.05) is 25.2 Å². The summed E-state index contributed by atoms with van der Waals surface area (Å²) in [4.78, 5) is 22.9. The molecule has 0 heterocycles. The van der Waals surface area contributed by atoms with Gasteiger partial charge in [-0.3, -0.25) is 9.59 Å². The third-order valence-corrected chi connectivity index (χ3v) is 5.51. The Morgan fingerprint density at radius 1 is 1.11 bits per heavy atom. The summed E-state index contributed by atoms with van der Waals surface area (Å²) in [6.45, 7) is 3.97. The van der Waals surface area contributed by atoms with Crippen molar-refractivity contribution >= 4 is 11.8 Å². The Balaban J connectivity index is 2.69. The van der Waals surface area contributed by atoms with Gasteiger partial charge in [0.05, 0.1) is 12.2 Å². The fourth-order valence-corrected chi connectivity index (χ4v) is 3.86. The summed E-state index contributed by atoms with van der Waals surface area (Å²) in [7, 11) is 0. The van der Waals surface area contributed by atoms with Crippen molar-refractivity contribution in [2.45, 2.75) is 103 Å². The Kier molecular flexibility index (Phi) is 12.0. The molecule has 0 aromatic carbocycles. The van der Waals surface area contributed by atoms with E-state index < -0.39 is 18.2 Å². The normalized spacial score (nSPS) is 20.9. The van der Waals surface area contributed by atoms with Crippen molar-refractivity contribution in [3.8, 4) is 0 Å². The summed E-state index contributed by atoms with van der Waals surface area (Å²) in [5.41, 5.74) is 1.77. The van der Waals surface area contributed by atoms with Crippen molar-refractivity contribution in [2.75, 3.05) is 0 Å². The van der Waals surface area contributed by atoms with E-state index in [2.05, 4.69) is 6.92 Å². The van der Waals surface area contributed by atoms with Crippen LogP contribution in [0.2, 0.25) is 0 Å². The van der Waals surface area contributed by atoms with E-state index in [9.17, 15) is 19.8 Å². The Hall–Kier alpha value is -1.46. The number of ketones is 1. The monoisotopic (exact) mass is 394 g/mol. The first kappa shape index (κ1) is 24.6. The molecule has 0 radical (unpaired) electrons. The number of Topliss-reactive ketones (excluding diaryl/α,β-unsaturated/α-hetero) is 1. The smallest absolute Gasteiger partial charge is 0.303 e. The first-order valence-corrected chi connectivity index (χ1v) is 10.9. The molecule has 5 nitrogen and oxygen atoms in total. The van der Waals surface area contributed by atoms with Crippen LogP contribution in [0.25, 0.3) is 0 Å². The van der Waals surface area contributed by atoms with Gasteiger partial charge in [-0.05, 0) is 31.3 Å². The lowest BCUT2D eigenvalue weighted by Gasteiger charge is -2.16. The van der Waals surface area contributed by atoms with Crippen molar-refractivity contribution in [3.05, 3.63) is 23.3 Å². The third kappa shape index (κ3) is 8.70. The van der Waals surface area contributed by atoms with Crippen molar-refractivity contribution in [3.63, 3.8) is 0 Å². The van der Waals surface area contributed by atoms with E-state index in [1.54, 1.807) is 6.08 Å². The number of hydrogen-bond donors (Lipinski definition) is 3. The summed E-state index contributed by atoms with van der Waals surface area (Å²) in [6, 6.07) is 0. The van der Waals surface area contributed by atoms with Crippen LogP contribution in [0.1, 0.15) is 90.9 Å². The molecule has 0 aromatic heterocycles. The summed E-state index contributed by atoms with van der Waals surface area (Å²) in [5.74, 6) is -0.871. The number of carbonyl (C=O) groups is 2. The predicted molar refractivity (Wildman–Crippen MR) is 111 cm³/mol. The molecule has 0 aliphatic heterocycles. The van der Waals surface area contributed by atoms with E-state index in [1.807, 2.05) is 13.0 Å². The maximum absolute atomic E-state index is 12.3. The summed E-state index contributed by atoms with van der Waals surface area (Å²) in [6.07, 6.45) is 11.5. The topological polar surface area (TPSA) is 94.8 Å². The quantitative estimate of drug-likeness (QED) is 0.279. The van der Waals surface area contributed by atoms with Crippen LogP contribution in [0.3, 0.4) is 0 Å². The molecule has 0 fully saturated rings. The van der Waals surface area contributed by atoms with Gasteiger partial charge in [-0.25, -0.2) is 0 Å². The van der Waals surface area contributed by atoms with Gasteiger partial charge in [-0.15, -0.1) is 0 Å². The Morgan fingerprint density at radius 2 is 1.82 bits per heavy atom. The van der Waals surface area contributed by atoms with Gasteiger partial charge in [0.15, 0.2) is 5.78 Å². The average molecular weight is 395 g/mol. The number of rotatable bonds is 15. The van der Waals surface area contributed by atoms with Crippen LogP contribution in [0.4, 0.5) is 0 Å². The molecular formula is C23H38O5. The Labute approximate surface area is 169 Å². The fourth-order valence-electron chi connectivity index (χ4n) is 3.86. The highest BCUT2D eigenvalue weighted by Crippen LogP contribution is 2.37. The SMILES string of the molecule is CCCCC[C@H](O)/C=C/[C@@H]1C(CCCCCCC(=O)O)=C(C(=O)CC)C[C@H]1O. The molecule has 1 aliphatic carbocycles. The molecule has 0 amide bonds.